The molecule has 0 fully saturated rings. The van der Waals surface area contributed by atoms with Crippen LogP contribution in [0.4, 0.5) is 4.39 Å². The lowest BCUT2D eigenvalue weighted by atomic mass is 10.1. The van der Waals surface area contributed by atoms with Crippen LogP contribution in [0.15, 0.2) is 59.5 Å². The van der Waals surface area contributed by atoms with Crippen molar-refractivity contribution in [2.24, 2.45) is 0 Å². The van der Waals surface area contributed by atoms with Crippen molar-refractivity contribution in [1.82, 2.24) is 20.2 Å². The molecule has 0 atom stereocenters. The van der Waals surface area contributed by atoms with E-state index in [1.807, 2.05) is 18.2 Å². The lowest BCUT2D eigenvalue weighted by Gasteiger charge is -2.05. The topological polar surface area (TPSA) is 74.4 Å². The first-order valence-corrected chi connectivity index (χ1v) is 7.00. The van der Waals surface area contributed by atoms with E-state index in [0.29, 0.717) is 17.0 Å². The standard InChI is InChI=1S/C17H11FN4O/c18-13-3-1-2-10(7-13)15-8-16(21-17(23)20-15)11-4-5-14-12(6-11)9-19-22-14/h1-9H,(H,19,22)(H,20,21,23). The molecule has 6 heteroatoms. The number of hydrogen-bond acceptors (Lipinski definition) is 3. The molecule has 0 spiro atoms. The van der Waals surface area contributed by atoms with Crippen molar-refractivity contribution in [3.63, 3.8) is 0 Å². The van der Waals surface area contributed by atoms with E-state index < -0.39 is 5.69 Å². The van der Waals surface area contributed by atoms with E-state index in [0.717, 1.165) is 16.5 Å². The second-order valence-electron chi connectivity index (χ2n) is 5.17. The van der Waals surface area contributed by atoms with Crippen LogP contribution in [0, 0.1) is 5.82 Å². The predicted octanol–water partition coefficient (Wildman–Crippen LogP) is 3.12. The van der Waals surface area contributed by atoms with Gasteiger partial charge in [0.05, 0.1) is 23.1 Å². The second-order valence-corrected chi connectivity index (χ2v) is 5.17. The largest absolute Gasteiger partial charge is 0.345 e. The number of rotatable bonds is 2. The maximum Gasteiger partial charge on any atom is 0.345 e. The summed E-state index contributed by atoms with van der Waals surface area (Å²) in [6.45, 7) is 0. The van der Waals surface area contributed by atoms with Crippen LogP contribution in [0.3, 0.4) is 0 Å². The summed E-state index contributed by atoms with van der Waals surface area (Å²) in [7, 11) is 0. The number of H-pyrrole nitrogens is 2. The zero-order chi connectivity index (χ0) is 15.8. The third-order valence-corrected chi connectivity index (χ3v) is 3.62. The Labute approximate surface area is 129 Å². The highest BCUT2D eigenvalue weighted by atomic mass is 19.1. The van der Waals surface area contributed by atoms with Gasteiger partial charge in [-0.05, 0) is 30.3 Å². The minimum absolute atomic E-state index is 0.360. The molecule has 0 unspecified atom stereocenters. The van der Waals surface area contributed by atoms with Gasteiger partial charge in [0, 0.05) is 16.5 Å². The van der Waals surface area contributed by atoms with Crippen molar-refractivity contribution >= 4 is 10.9 Å². The lowest BCUT2D eigenvalue weighted by molar-refractivity contribution is 0.628. The molecule has 0 amide bonds. The molecule has 0 saturated heterocycles. The quantitative estimate of drug-likeness (QED) is 0.597. The summed E-state index contributed by atoms with van der Waals surface area (Å²) in [4.78, 5) is 18.5. The highest BCUT2D eigenvalue weighted by Crippen LogP contribution is 2.24. The summed E-state index contributed by atoms with van der Waals surface area (Å²) < 4.78 is 13.4. The maximum atomic E-state index is 13.4. The summed E-state index contributed by atoms with van der Waals surface area (Å²) in [5, 5.41) is 7.77. The van der Waals surface area contributed by atoms with Gasteiger partial charge in [-0.15, -0.1) is 0 Å². The van der Waals surface area contributed by atoms with Crippen LogP contribution >= 0.6 is 0 Å². The Hall–Kier alpha value is -3.28. The van der Waals surface area contributed by atoms with Crippen LogP contribution in [0.5, 0.6) is 0 Å². The van der Waals surface area contributed by atoms with E-state index in [-0.39, 0.29) is 5.82 Å². The molecule has 2 aromatic heterocycles. The summed E-state index contributed by atoms with van der Waals surface area (Å²) in [6, 6.07) is 13.4. The van der Waals surface area contributed by atoms with Gasteiger partial charge in [-0.3, -0.25) is 5.10 Å². The van der Waals surface area contributed by atoms with Crippen LogP contribution in [0.25, 0.3) is 33.4 Å². The van der Waals surface area contributed by atoms with Crippen LogP contribution in [-0.4, -0.2) is 20.2 Å². The molecule has 112 valence electrons. The van der Waals surface area contributed by atoms with Gasteiger partial charge < -0.3 is 4.98 Å². The Kier molecular flexibility index (Phi) is 3.01. The van der Waals surface area contributed by atoms with E-state index in [1.165, 1.54) is 12.1 Å². The average Bonchev–Trinajstić information content (AvgIpc) is 3.02. The van der Waals surface area contributed by atoms with Crippen molar-refractivity contribution in [3.8, 4) is 22.5 Å². The van der Waals surface area contributed by atoms with Gasteiger partial charge in [-0.25, -0.2) is 9.18 Å². The van der Waals surface area contributed by atoms with Crippen molar-refractivity contribution in [1.29, 1.82) is 0 Å². The molecule has 5 nitrogen and oxygen atoms in total. The smallest absolute Gasteiger partial charge is 0.305 e. The van der Waals surface area contributed by atoms with Crippen LogP contribution in [0.2, 0.25) is 0 Å². The Morgan fingerprint density at radius 3 is 2.78 bits per heavy atom. The number of fused-ring (bicyclic) bond motifs is 1. The predicted molar refractivity (Wildman–Crippen MR) is 85.3 cm³/mol. The summed E-state index contributed by atoms with van der Waals surface area (Å²) in [5.74, 6) is -0.360. The normalized spacial score (nSPS) is 11.0. The van der Waals surface area contributed by atoms with Gasteiger partial charge in [0.15, 0.2) is 0 Å². The first kappa shape index (κ1) is 13.4. The zero-order valence-electron chi connectivity index (χ0n) is 11.9. The Bertz CT molecular complexity index is 1070. The van der Waals surface area contributed by atoms with Gasteiger partial charge in [0.2, 0.25) is 0 Å². The number of nitrogens with one attached hydrogen (secondary N) is 2. The molecule has 2 N–H and O–H groups in total. The SMILES string of the molecule is O=c1nc(-c2ccc3[nH]ncc3c2)cc(-c2cccc(F)c2)[nH]1. The average molecular weight is 306 g/mol. The van der Waals surface area contributed by atoms with Gasteiger partial charge in [-0.1, -0.05) is 18.2 Å². The highest BCUT2D eigenvalue weighted by molar-refractivity contribution is 5.83. The number of aromatic amines is 2. The van der Waals surface area contributed by atoms with Crippen molar-refractivity contribution in [2.75, 3.05) is 0 Å². The van der Waals surface area contributed by atoms with E-state index in [2.05, 4.69) is 20.2 Å². The lowest BCUT2D eigenvalue weighted by Crippen LogP contribution is -2.12. The minimum atomic E-state index is -0.478. The van der Waals surface area contributed by atoms with Crippen LogP contribution < -0.4 is 5.69 Å². The third kappa shape index (κ3) is 2.50. The summed E-state index contributed by atoms with van der Waals surface area (Å²) in [6.07, 6.45) is 1.71. The van der Waals surface area contributed by atoms with Crippen molar-refractivity contribution in [2.45, 2.75) is 0 Å². The molecule has 0 aliphatic carbocycles. The minimum Gasteiger partial charge on any atom is -0.305 e. The Balaban J connectivity index is 1.87. The van der Waals surface area contributed by atoms with Gasteiger partial charge in [0.25, 0.3) is 0 Å². The molecule has 0 bridgehead atoms. The number of hydrogen-bond donors (Lipinski definition) is 2. The maximum absolute atomic E-state index is 13.4. The Morgan fingerprint density at radius 2 is 1.91 bits per heavy atom. The molecule has 0 radical (unpaired) electrons. The molecule has 4 rings (SSSR count). The highest BCUT2D eigenvalue weighted by Gasteiger charge is 2.08. The van der Waals surface area contributed by atoms with Gasteiger partial charge in [0.1, 0.15) is 5.82 Å². The van der Waals surface area contributed by atoms with Crippen molar-refractivity contribution in [3.05, 3.63) is 71.0 Å². The number of aromatic nitrogens is 4. The number of benzene rings is 2. The first-order chi connectivity index (χ1) is 11.2. The summed E-state index contributed by atoms with van der Waals surface area (Å²) >= 11 is 0. The van der Waals surface area contributed by atoms with Crippen LogP contribution in [-0.2, 0) is 0 Å². The van der Waals surface area contributed by atoms with Gasteiger partial charge >= 0.3 is 5.69 Å². The molecular weight excluding hydrogens is 295 g/mol. The van der Waals surface area contributed by atoms with Crippen LogP contribution in [0.1, 0.15) is 0 Å². The first-order valence-electron chi connectivity index (χ1n) is 7.00. The van der Waals surface area contributed by atoms with E-state index in [1.54, 1.807) is 24.4 Å². The number of halogens is 1. The zero-order valence-corrected chi connectivity index (χ0v) is 11.9. The molecule has 0 saturated carbocycles. The Morgan fingerprint density at radius 1 is 1.00 bits per heavy atom. The molecule has 2 aromatic carbocycles. The fourth-order valence-corrected chi connectivity index (χ4v) is 2.52. The molecule has 0 aliphatic rings. The monoisotopic (exact) mass is 306 g/mol. The van der Waals surface area contributed by atoms with Crippen molar-refractivity contribution < 1.29 is 4.39 Å². The second kappa shape index (κ2) is 5.17. The summed E-state index contributed by atoms with van der Waals surface area (Å²) in [5.41, 5.74) is 2.86. The molecule has 23 heavy (non-hydrogen) atoms. The molecule has 2 heterocycles. The fourth-order valence-electron chi connectivity index (χ4n) is 2.52. The van der Waals surface area contributed by atoms with Gasteiger partial charge in [-0.2, -0.15) is 10.1 Å². The number of nitrogens with zero attached hydrogens (tertiary/aromatic N) is 2. The van der Waals surface area contributed by atoms with E-state index in [4.69, 9.17) is 0 Å². The molecule has 4 aromatic rings. The molecular formula is C17H11FN4O. The van der Waals surface area contributed by atoms with E-state index in [9.17, 15) is 9.18 Å². The third-order valence-electron chi connectivity index (χ3n) is 3.62. The molecule has 0 aliphatic heterocycles. The van der Waals surface area contributed by atoms with E-state index >= 15 is 0 Å². The fraction of sp³-hybridized carbons (Fsp3) is 0.